The molecule has 3 heteroatoms. The lowest BCUT2D eigenvalue weighted by atomic mass is 9.94. The number of carbonyl (C=O) groups excluding carboxylic acids is 1. The second-order valence-electron chi connectivity index (χ2n) is 2.64. The second-order valence-corrected chi connectivity index (χ2v) is 2.64. The highest BCUT2D eigenvalue weighted by atomic mass is 16.5. The van der Waals surface area contributed by atoms with Crippen LogP contribution in [0.1, 0.15) is 12.8 Å². The molecule has 11 heavy (non-hydrogen) atoms. The van der Waals surface area contributed by atoms with Gasteiger partial charge in [-0.3, -0.25) is 4.79 Å². The summed E-state index contributed by atoms with van der Waals surface area (Å²) in [4.78, 5) is 10.9. The predicted molar refractivity (Wildman–Crippen MR) is 39.9 cm³/mol. The van der Waals surface area contributed by atoms with Crippen LogP contribution in [0.2, 0.25) is 0 Å². The van der Waals surface area contributed by atoms with Crippen molar-refractivity contribution in [3.63, 3.8) is 0 Å². The molecule has 1 aliphatic carbocycles. The number of aliphatic hydroxyl groups is 1. The monoisotopic (exact) mass is 156 g/mol. The molecule has 0 saturated carbocycles. The smallest absolute Gasteiger partial charge is 0.159 e. The van der Waals surface area contributed by atoms with Crippen LogP contribution in [0.4, 0.5) is 0 Å². The quantitative estimate of drug-likeness (QED) is 0.632. The summed E-state index contributed by atoms with van der Waals surface area (Å²) in [6, 6.07) is 0. The van der Waals surface area contributed by atoms with Gasteiger partial charge in [-0.05, 0) is 6.42 Å². The maximum atomic E-state index is 10.9. The van der Waals surface area contributed by atoms with Crippen molar-refractivity contribution in [2.45, 2.75) is 12.8 Å². The molecule has 0 amide bonds. The lowest BCUT2D eigenvalue weighted by Gasteiger charge is -2.19. The van der Waals surface area contributed by atoms with Gasteiger partial charge in [0.2, 0.25) is 0 Å². The molecular weight excluding hydrogens is 144 g/mol. The highest BCUT2D eigenvalue weighted by Gasteiger charge is 2.21. The molecule has 0 saturated heterocycles. The molecule has 0 radical (unpaired) electrons. The third kappa shape index (κ3) is 1.80. The van der Waals surface area contributed by atoms with E-state index in [9.17, 15) is 4.79 Å². The molecule has 1 rings (SSSR count). The van der Waals surface area contributed by atoms with Crippen molar-refractivity contribution >= 4 is 5.78 Å². The van der Waals surface area contributed by atoms with Crippen LogP contribution in [-0.2, 0) is 9.53 Å². The van der Waals surface area contributed by atoms with Crippen molar-refractivity contribution in [3.05, 3.63) is 11.8 Å². The Morgan fingerprint density at radius 1 is 1.82 bits per heavy atom. The minimum atomic E-state index is 0.0256. The first-order chi connectivity index (χ1) is 5.27. The molecule has 3 nitrogen and oxygen atoms in total. The Balaban J connectivity index is 2.70. The van der Waals surface area contributed by atoms with Gasteiger partial charge >= 0.3 is 0 Å². The Morgan fingerprint density at radius 3 is 3.09 bits per heavy atom. The highest BCUT2D eigenvalue weighted by Crippen LogP contribution is 2.22. The summed E-state index contributed by atoms with van der Waals surface area (Å²) >= 11 is 0. The minimum Gasteiger partial charge on any atom is -0.501 e. The fourth-order valence-corrected chi connectivity index (χ4v) is 1.21. The molecule has 0 aromatic heterocycles. The third-order valence-electron chi connectivity index (χ3n) is 1.90. The first-order valence-corrected chi connectivity index (χ1v) is 3.67. The first kappa shape index (κ1) is 8.27. The van der Waals surface area contributed by atoms with Crippen molar-refractivity contribution in [2.24, 2.45) is 5.92 Å². The number of rotatable bonds is 2. The molecule has 0 spiro atoms. The molecule has 1 unspecified atom stereocenters. The summed E-state index contributed by atoms with van der Waals surface area (Å²) in [6.45, 7) is 0.0625. The van der Waals surface area contributed by atoms with Gasteiger partial charge in [-0.25, -0.2) is 0 Å². The van der Waals surface area contributed by atoms with E-state index in [2.05, 4.69) is 0 Å². The number of methoxy groups -OCH3 is 1. The SMILES string of the molecule is COC1=CC(=O)CCC1CO. The van der Waals surface area contributed by atoms with E-state index in [4.69, 9.17) is 9.84 Å². The average Bonchev–Trinajstić information content (AvgIpc) is 2.04. The van der Waals surface area contributed by atoms with Gasteiger partial charge in [-0.15, -0.1) is 0 Å². The maximum Gasteiger partial charge on any atom is 0.159 e. The summed E-state index contributed by atoms with van der Waals surface area (Å²) in [5.74, 6) is 0.730. The number of hydrogen-bond donors (Lipinski definition) is 1. The van der Waals surface area contributed by atoms with Crippen LogP contribution in [0.5, 0.6) is 0 Å². The molecule has 1 aliphatic rings. The Kier molecular flexibility index (Phi) is 2.65. The molecule has 0 aromatic rings. The molecule has 0 bridgehead atoms. The fraction of sp³-hybridized carbons (Fsp3) is 0.625. The Bertz CT molecular complexity index is 184. The number of allylic oxidation sites excluding steroid dienone is 1. The normalized spacial score (nSPS) is 24.7. The van der Waals surface area contributed by atoms with Crippen molar-refractivity contribution in [1.29, 1.82) is 0 Å². The zero-order valence-corrected chi connectivity index (χ0v) is 6.54. The summed E-state index contributed by atoms with van der Waals surface area (Å²) in [5.41, 5.74) is 0. The number of ether oxygens (including phenoxy) is 1. The topological polar surface area (TPSA) is 46.5 Å². The van der Waals surface area contributed by atoms with Crippen LogP contribution in [-0.4, -0.2) is 24.6 Å². The van der Waals surface area contributed by atoms with E-state index in [-0.39, 0.29) is 18.3 Å². The van der Waals surface area contributed by atoms with Crippen LogP contribution in [0.25, 0.3) is 0 Å². The minimum absolute atomic E-state index is 0.0256. The van der Waals surface area contributed by atoms with E-state index in [1.165, 1.54) is 13.2 Å². The fourth-order valence-electron chi connectivity index (χ4n) is 1.21. The second kappa shape index (κ2) is 3.53. The van der Waals surface area contributed by atoms with Gasteiger partial charge < -0.3 is 9.84 Å². The highest BCUT2D eigenvalue weighted by molar-refractivity contribution is 5.90. The van der Waals surface area contributed by atoms with E-state index < -0.39 is 0 Å². The molecule has 0 heterocycles. The molecule has 0 aromatic carbocycles. The first-order valence-electron chi connectivity index (χ1n) is 3.67. The third-order valence-corrected chi connectivity index (χ3v) is 1.90. The number of carbonyl (C=O) groups is 1. The van der Waals surface area contributed by atoms with E-state index in [1.54, 1.807) is 0 Å². The molecule has 62 valence electrons. The number of aliphatic hydroxyl groups excluding tert-OH is 1. The molecular formula is C8H12O3. The van der Waals surface area contributed by atoms with E-state index >= 15 is 0 Å². The zero-order valence-electron chi connectivity index (χ0n) is 6.54. The number of hydrogen-bond acceptors (Lipinski definition) is 3. The van der Waals surface area contributed by atoms with Crippen molar-refractivity contribution < 1.29 is 14.6 Å². The van der Waals surface area contributed by atoms with Gasteiger partial charge in [0.25, 0.3) is 0 Å². The molecule has 0 fully saturated rings. The van der Waals surface area contributed by atoms with Gasteiger partial charge in [0, 0.05) is 18.4 Å². The van der Waals surface area contributed by atoms with Gasteiger partial charge in [0.05, 0.1) is 13.7 Å². The van der Waals surface area contributed by atoms with Crippen LogP contribution >= 0.6 is 0 Å². The van der Waals surface area contributed by atoms with E-state index in [1.807, 2.05) is 0 Å². The van der Waals surface area contributed by atoms with Crippen molar-refractivity contribution in [1.82, 2.24) is 0 Å². The van der Waals surface area contributed by atoms with Crippen molar-refractivity contribution in [2.75, 3.05) is 13.7 Å². The average molecular weight is 156 g/mol. The Morgan fingerprint density at radius 2 is 2.55 bits per heavy atom. The Labute approximate surface area is 65.7 Å². The van der Waals surface area contributed by atoms with Gasteiger partial charge in [0.15, 0.2) is 5.78 Å². The summed E-state index contributed by atoms with van der Waals surface area (Å²) in [6.07, 6.45) is 2.71. The molecule has 1 N–H and O–H groups in total. The van der Waals surface area contributed by atoms with Crippen LogP contribution < -0.4 is 0 Å². The van der Waals surface area contributed by atoms with E-state index in [0.29, 0.717) is 18.6 Å². The summed E-state index contributed by atoms with van der Waals surface area (Å²) in [7, 11) is 1.52. The standard InChI is InChI=1S/C8H12O3/c1-11-8-4-7(10)3-2-6(8)5-9/h4,6,9H,2-3,5H2,1H3. The summed E-state index contributed by atoms with van der Waals surface area (Å²) in [5, 5.41) is 8.85. The van der Waals surface area contributed by atoms with Gasteiger partial charge in [0.1, 0.15) is 5.76 Å². The van der Waals surface area contributed by atoms with Crippen LogP contribution in [0.15, 0.2) is 11.8 Å². The van der Waals surface area contributed by atoms with E-state index in [0.717, 1.165) is 0 Å². The van der Waals surface area contributed by atoms with Crippen molar-refractivity contribution in [3.8, 4) is 0 Å². The molecule has 0 aliphatic heterocycles. The predicted octanol–water partition coefficient (Wildman–Crippen LogP) is 0.488. The van der Waals surface area contributed by atoms with Crippen LogP contribution in [0, 0.1) is 5.92 Å². The lowest BCUT2D eigenvalue weighted by Crippen LogP contribution is -2.18. The summed E-state index contributed by atoms with van der Waals surface area (Å²) < 4.78 is 4.95. The van der Waals surface area contributed by atoms with Gasteiger partial charge in [-0.2, -0.15) is 0 Å². The maximum absolute atomic E-state index is 10.9. The lowest BCUT2D eigenvalue weighted by molar-refractivity contribution is -0.115. The zero-order chi connectivity index (χ0) is 8.27. The van der Waals surface area contributed by atoms with Crippen LogP contribution in [0.3, 0.4) is 0 Å². The molecule has 1 atom stereocenters. The largest absolute Gasteiger partial charge is 0.501 e. The Hall–Kier alpha value is -0.830. The van der Waals surface area contributed by atoms with Gasteiger partial charge in [-0.1, -0.05) is 0 Å². The number of ketones is 1.